The first kappa shape index (κ1) is 15.6. The van der Waals surface area contributed by atoms with Crippen LogP contribution in [0.3, 0.4) is 0 Å². The number of carbonyl (C=O) groups excluding carboxylic acids is 1. The Morgan fingerprint density at radius 1 is 1.04 bits per heavy atom. The van der Waals surface area contributed by atoms with E-state index in [2.05, 4.69) is 0 Å². The van der Waals surface area contributed by atoms with Gasteiger partial charge in [-0.25, -0.2) is 4.79 Å². The third kappa shape index (κ3) is 3.71. The summed E-state index contributed by atoms with van der Waals surface area (Å²) < 4.78 is 0. The second-order valence-electron chi connectivity index (χ2n) is 6.07. The Bertz CT molecular complexity index is 601. The number of urea groups is 1. The van der Waals surface area contributed by atoms with E-state index in [4.69, 9.17) is 0 Å². The van der Waals surface area contributed by atoms with E-state index in [1.54, 1.807) is 16.8 Å². The lowest BCUT2D eigenvalue weighted by molar-refractivity contribution is 0.116. The Balaban J connectivity index is 1.84. The summed E-state index contributed by atoms with van der Waals surface area (Å²) in [4.78, 5) is 16.2. The summed E-state index contributed by atoms with van der Waals surface area (Å²) >= 11 is 0. The van der Waals surface area contributed by atoms with Crippen LogP contribution in [0.4, 0.5) is 16.2 Å². The fourth-order valence-corrected chi connectivity index (χ4v) is 2.68. The fourth-order valence-electron chi connectivity index (χ4n) is 2.68. The smallest absolute Gasteiger partial charge is 0.328 e. The van der Waals surface area contributed by atoms with E-state index in [-0.39, 0.29) is 6.03 Å². The number of amides is 2. The number of nitrogens with zero attached hydrogens (tertiary/aromatic N) is 2. The highest BCUT2D eigenvalue weighted by atomic mass is 16.3. The molecule has 2 aromatic carbocycles. The quantitative estimate of drug-likeness (QED) is 0.916. The Hall–Kier alpha value is -2.33. The van der Waals surface area contributed by atoms with E-state index >= 15 is 0 Å². The number of likely N-dealkylation sites (N-methyl/N-ethyl adjacent to an activating group) is 1. The van der Waals surface area contributed by atoms with Gasteiger partial charge in [0.05, 0.1) is 17.5 Å². The lowest BCUT2D eigenvalue weighted by atomic mass is 10.2. The molecular formula is C19H22N2O2. The van der Waals surface area contributed by atoms with E-state index in [9.17, 15) is 9.90 Å². The van der Waals surface area contributed by atoms with Crippen molar-refractivity contribution in [3.05, 3.63) is 60.7 Å². The minimum atomic E-state index is -0.433. The summed E-state index contributed by atoms with van der Waals surface area (Å²) in [5.74, 6) is 0.354. The molecule has 1 atom stereocenters. The summed E-state index contributed by atoms with van der Waals surface area (Å²) in [6.45, 7) is 0.361. The largest absolute Gasteiger partial charge is 0.391 e. The van der Waals surface area contributed by atoms with Crippen LogP contribution in [-0.4, -0.2) is 35.7 Å². The lowest BCUT2D eigenvalue weighted by Crippen LogP contribution is -2.42. The molecule has 0 saturated heterocycles. The first-order valence-corrected chi connectivity index (χ1v) is 8.00. The first-order chi connectivity index (χ1) is 11.2. The van der Waals surface area contributed by atoms with Gasteiger partial charge in [0, 0.05) is 13.6 Å². The van der Waals surface area contributed by atoms with E-state index in [0.29, 0.717) is 12.5 Å². The molecule has 3 rings (SSSR count). The van der Waals surface area contributed by atoms with Gasteiger partial charge in [-0.05, 0) is 43.0 Å². The predicted octanol–water partition coefficient (Wildman–Crippen LogP) is 3.65. The number of aliphatic hydroxyl groups excluding tert-OH is 1. The van der Waals surface area contributed by atoms with Crippen LogP contribution in [-0.2, 0) is 0 Å². The monoisotopic (exact) mass is 310 g/mol. The molecule has 2 aromatic rings. The molecule has 1 aliphatic carbocycles. The summed E-state index contributed by atoms with van der Waals surface area (Å²) in [5.41, 5.74) is 1.63. The molecule has 23 heavy (non-hydrogen) atoms. The molecule has 4 nitrogen and oxygen atoms in total. The lowest BCUT2D eigenvalue weighted by Gasteiger charge is -2.29. The Morgan fingerprint density at radius 2 is 1.52 bits per heavy atom. The molecule has 0 unspecified atom stereocenters. The van der Waals surface area contributed by atoms with E-state index in [1.807, 2.05) is 60.7 Å². The summed E-state index contributed by atoms with van der Waals surface area (Å²) in [5, 5.41) is 10.1. The van der Waals surface area contributed by atoms with Crippen LogP contribution in [0.15, 0.2) is 60.7 Å². The predicted molar refractivity (Wildman–Crippen MR) is 91.8 cm³/mol. The molecule has 0 heterocycles. The van der Waals surface area contributed by atoms with Crippen molar-refractivity contribution in [3.63, 3.8) is 0 Å². The van der Waals surface area contributed by atoms with Crippen molar-refractivity contribution in [2.24, 2.45) is 5.92 Å². The zero-order valence-electron chi connectivity index (χ0n) is 13.3. The van der Waals surface area contributed by atoms with Gasteiger partial charge in [0.2, 0.25) is 0 Å². The van der Waals surface area contributed by atoms with Crippen molar-refractivity contribution >= 4 is 17.4 Å². The fraction of sp³-hybridized carbons (Fsp3) is 0.316. The summed E-state index contributed by atoms with van der Waals surface area (Å²) in [6.07, 6.45) is 1.69. The van der Waals surface area contributed by atoms with Crippen molar-refractivity contribution in [3.8, 4) is 0 Å². The van der Waals surface area contributed by atoms with Crippen LogP contribution in [0.1, 0.15) is 12.8 Å². The maximum atomic E-state index is 13.0. The zero-order chi connectivity index (χ0) is 16.2. The highest BCUT2D eigenvalue weighted by Crippen LogP contribution is 2.33. The van der Waals surface area contributed by atoms with E-state index in [0.717, 1.165) is 24.2 Å². The molecular weight excluding hydrogens is 288 g/mol. The van der Waals surface area contributed by atoms with Crippen LogP contribution in [0.2, 0.25) is 0 Å². The third-order valence-electron chi connectivity index (χ3n) is 4.17. The number of hydrogen-bond donors (Lipinski definition) is 1. The number of rotatable bonds is 5. The topological polar surface area (TPSA) is 43.8 Å². The van der Waals surface area contributed by atoms with Gasteiger partial charge in [-0.15, -0.1) is 0 Å². The molecule has 4 heteroatoms. The zero-order valence-corrected chi connectivity index (χ0v) is 13.3. The molecule has 1 saturated carbocycles. The molecule has 0 spiro atoms. The average Bonchev–Trinajstić information content (AvgIpc) is 3.42. The normalized spacial score (nSPS) is 15.0. The van der Waals surface area contributed by atoms with Crippen LogP contribution < -0.4 is 4.90 Å². The first-order valence-electron chi connectivity index (χ1n) is 8.00. The average molecular weight is 310 g/mol. The highest BCUT2D eigenvalue weighted by Gasteiger charge is 2.32. The van der Waals surface area contributed by atoms with Gasteiger partial charge in [0.15, 0.2) is 0 Å². The minimum Gasteiger partial charge on any atom is -0.391 e. The second-order valence-corrected chi connectivity index (χ2v) is 6.07. The maximum Gasteiger partial charge on any atom is 0.328 e. The van der Waals surface area contributed by atoms with E-state index in [1.165, 1.54) is 0 Å². The number of hydrogen-bond acceptors (Lipinski definition) is 2. The van der Waals surface area contributed by atoms with Gasteiger partial charge >= 0.3 is 6.03 Å². The number of anilines is 2. The van der Waals surface area contributed by atoms with Crippen molar-refractivity contribution in [2.75, 3.05) is 18.5 Å². The maximum absolute atomic E-state index is 13.0. The molecule has 1 N–H and O–H groups in total. The van der Waals surface area contributed by atoms with Crippen molar-refractivity contribution in [1.82, 2.24) is 4.90 Å². The molecule has 0 aliphatic heterocycles. The molecule has 0 radical (unpaired) electrons. The third-order valence-corrected chi connectivity index (χ3v) is 4.17. The van der Waals surface area contributed by atoms with Crippen LogP contribution in [0.25, 0.3) is 0 Å². The van der Waals surface area contributed by atoms with Gasteiger partial charge in [0.25, 0.3) is 0 Å². The van der Waals surface area contributed by atoms with Gasteiger partial charge in [-0.2, -0.15) is 0 Å². The number of aliphatic hydroxyl groups is 1. The number of para-hydroxylation sites is 2. The van der Waals surface area contributed by atoms with Crippen molar-refractivity contribution in [2.45, 2.75) is 18.9 Å². The van der Waals surface area contributed by atoms with Crippen LogP contribution in [0, 0.1) is 5.92 Å². The molecule has 0 aromatic heterocycles. The summed E-state index contributed by atoms with van der Waals surface area (Å²) in [6, 6.07) is 19.0. The second kappa shape index (κ2) is 6.84. The molecule has 1 fully saturated rings. The minimum absolute atomic E-state index is 0.137. The van der Waals surface area contributed by atoms with Gasteiger partial charge in [0.1, 0.15) is 0 Å². The molecule has 120 valence electrons. The standard InChI is InChI=1S/C19H22N2O2/c1-20(14-18(22)15-12-13-15)19(23)21(16-8-4-2-5-9-16)17-10-6-3-7-11-17/h2-11,15,18,22H,12-14H2,1H3/t18-/m1/s1. The molecule has 2 amide bonds. The molecule has 0 bridgehead atoms. The SMILES string of the molecule is CN(C[C@@H](O)C1CC1)C(=O)N(c1ccccc1)c1ccccc1. The Labute approximate surface area is 137 Å². The van der Waals surface area contributed by atoms with Gasteiger partial charge < -0.3 is 10.0 Å². The van der Waals surface area contributed by atoms with Crippen molar-refractivity contribution < 1.29 is 9.90 Å². The van der Waals surface area contributed by atoms with Gasteiger partial charge in [-0.1, -0.05) is 36.4 Å². The Kier molecular flexibility index (Phi) is 4.63. The highest BCUT2D eigenvalue weighted by molar-refractivity contribution is 5.99. The van der Waals surface area contributed by atoms with E-state index < -0.39 is 6.10 Å². The van der Waals surface area contributed by atoms with Crippen LogP contribution in [0.5, 0.6) is 0 Å². The Morgan fingerprint density at radius 3 is 1.96 bits per heavy atom. The molecule has 1 aliphatic rings. The summed E-state index contributed by atoms with van der Waals surface area (Å²) in [7, 11) is 1.74. The van der Waals surface area contributed by atoms with Gasteiger partial charge in [-0.3, -0.25) is 4.90 Å². The number of benzene rings is 2. The van der Waals surface area contributed by atoms with Crippen molar-refractivity contribution in [1.29, 1.82) is 0 Å². The number of carbonyl (C=O) groups is 1. The van der Waals surface area contributed by atoms with Crippen LogP contribution >= 0.6 is 0 Å².